The molecule has 5 nitrogen and oxygen atoms in total. The van der Waals surface area contributed by atoms with E-state index in [9.17, 15) is 14.9 Å². The highest BCUT2D eigenvalue weighted by atomic mass is 16.6. The average molecular weight is 246 g/mol. The molecule has 0 heterocycles. The molecule has 0 N–H and O–H groups in total. The van der Waals surface area contributed by atoms with E-state index < -0.39 is 4.92 Å². The van der Waals surface area contributed by atoms with Crippen molar-refractivity contribution in [2.24, 2.45) is 0 Å². The number of carbonyl (C=O) groups excluding carboxylic acids is 1. The van der Waals surface area contributed by atoms with Crippen molar-refractivity contribution in [1.29, 1.82) is 0 Å². The highest BCUT2D eigenvalue weighted by molar-refractivity contribution is 5.95. The normalized spacial score (nSPS) is 9.61. The van der Waals surface area contributed by atoms with Crippen LogP contribution in [0.3, 0.4) is 0 Å². The summed E-state index contributed by atoms with van der Waals surface area (Å²) in [6.45, 7) is 4.09. The molecule has 0 bridgehead atoms. The molecule has 94 valence electrons. The largest absolute Gasteiger partial charge is 0.328 e. The summed E-state index contributed by atoms with van der Waals surface area (Å²) in [5.74, 6) is 2.10. The van der Waals surface area contributed by atoms with Crippen LogP contribution in [-0.2, 0) is 0 Å². The quantitative estimate of drug-likeness (QED) is 0.463. The van der Waals surface area contributed by atoms with Gasteiger partial charge in [0.1, 0.15) is 0 Å². The molecule has 1 aromatic carbocycles. The lowest BCUT2D eigenvalue weighted by molar-refractivity contribution is -0.385. The van der Waals surface area contributed by atoms with Gasteiger partial charge in [-0.25, -0.2) is 0 Å². The van der Waals surface area contributed by atoms with E-state index in [1.807, 2.05) is 0 Å². The van der Waals surface area contributed by atoms with Gasteiger partial charge in [0.2, 0.25) is 0 Å². The number of amides is 1. The van der Waals surface area contributed by atoms with Crippen LogP contribution in [0.2, 0.25) is 0 Å². The number of nitrogens with zero attached hydrogens (tertiary/aromatic N) is 2. The van der Waals surface area contributed by atoms with Crippen molar-refractivity contribution < 1.29 is 9.72 Å². The van der Waals surface area contributed by atoms with E-state index in [-0.39, 0.29) is 23.7 Å². The minimum Gasteiger partial charge on any atom is -0.328 e. The summed E-state index contributed by atoms with van der Waals surface area (Å²) in [4.78, 5) is 23.8. The zero-order valence-electron chi connectivity index (χ0n) is 10.3. The Balaban J connectivity index is 3.11. The number of carbonyl (C=O) groups is 1. The molecule has 0 aliphatic carbocycles. The lowest BCUT2D eigenvalue weighted by atomic mass is 10.1. The van der Waals surface area contributed by atoms with Gasteiger partial charge in [-0.05, 0) is 19.9 Å². The van der Waals surface area contributed by atoms with E-state index in [0.29, 0.717) is 12.1 Å². The molecule has 5 heteroatoms. The fraction of sp³-hybridized carbons (Fsp3) is 0.308. The topological polar surface area (TPSA) is 63.5 Å². The first-order chi connectivity index (χ1) is 8.51. The Hall–Kier alpha value is -2.35. The first-order valence-corrected chi connectivity index (χ1v) is 5.49. The van der Waals surface area contributed by atoms with E-state index in [0.717, 1.165) is 0 Å². The molecule has 0 aliphatic heterocycles. The number of hydrogen-bond acceptors (Lipinski definition) is 3. The van der Waals surface area contributed by atoms with Crippen molar-refractivity contribution in [2.45, 2.75) is 13.8 Å². The predicted octanol–water partition coefficient (Wildman–Crippen LogP) is 2.00. The van der Waals surface area contributed by atoms with Gasteiger partial charge in [0.25, 0.3) is 11.6 Å². The maximum absolute atomic E-state index is 12.1. The molecule has 0 saturated carbocycles. The summed E-state index contributed by atoms with van der Waals surface area (Å²) in [6.07, 6.45) is 5.17. The molecular weight excluding hydrogens is 232 g/mol. The zero-order chi connectivity index (χ0) is 13.7. The van der Waals surface area contributed by atoms with Crippen molar-refractivity contribution in [3.05, 3.63) is 39.4 Å². The van der Waals surface area contributed by atoms with E-state index in [2.05, 4.69) is 5.92 Å². The molecule has 0 unspecified atom stereocenters. The molecular formula is C13H14N2O3. The van der Waals surface area contributed by atoms with Gasteiger partial charge in [-0.2, -0.15) is 0 Å². The van der Waals surface area contributed by atoms with Gasteiger partial charge in [-0.3, -0.25) is 14.9 Å². The maximum Gasteiger partial charge on any atom is 0.273 e. The second-order valence-electron chi connectivity index (χ2n) is 3.78. The third-order valence-corrected chi connectivity index (χ3v) is 2.60. The third-order valence-electron chi connectivity index (χ3n) is 2.60. The first kappa shape index (κ1) is 13.7. The molecule has 1 rings (SSSR count). The molecule has 0 aromatic heterocycles. The van der Waals surface area contributed by atoms with Crippen molar-refractivity contribution in [3.63, 3.8) is 0 Å². The Morgan fingerprint density at radius 1 is 1.56 bits per heavy atom. The van der Waals surface area contributed by atoms with Gasteiger partial charge in [0.15, 0.2) is 0 Å². The van der Waals surface area contributed by atoms with Crippen LogP contribution in [0.15, 0.2) is 18.2 Å². The van der Waals surface area contributed by atoms with Crippen LogP contribution in [0.1, 0.15) is 22.8 Å². The fourth-order valence-corrected chi connectivity index (χ4v) is 1.56. The number of nitro benzene ring substituents is 1. The first-order valence-electron chi connectivity index (χ1n) is 5.49. The molecule has 0 atom stereocenters. The van der Waals surface area contributed by atoms with Gasteiger partial charge in [0, 0.05) is 23.7 Å². The number of benzene rings is 1. The molecule has 1 aromatic rings. The summed E-state index contributed by atoms with van der Waals surface area (Å²) in [5.41, 5.74) is 0.749. The minimum absolute atomic E-state index is 0.0578. The fourth-order valence-electron chi connectivity index (χ4n) is 1.56. The van der Waals surface area contributed by atoms with Gasteiger partial charge < -0.3 is 4.90 Å². The molecule has 0 fully saturated rings. The smallest absolute Gasteiger partial charge is 0.273 e. The second kappa shape index (κ2) is 5.82. The Morgan fingerprint density at radius 3 is 2.72 bits per heavy atom. The standard InChI is InChI=1S/C13H14N2O3/c1-4-8-14(5-2)13(16)11-7-6-10(3)12(9-11)15(17)18/h1,6-7,9H,5,8H2,2-3H3. The number of terminal acetylenes is 1. The van der Waals surface area contributed by atoms with Crippen molar-refractivity contribution in [1.82, 2.24) is 4.90 Å². The summed E-state index contributed by atoms with van der Waals surface area (Å²) in [5, 5.41) is 10.8. The van der Waals surface area contributed by atoms with Crippen molar-refractivity contribution in [3.8, 4) is 12.3 Å². The van der Waals surface area contributed by atoms with E-state index >= 15 is 0 Å². The SMILES string of the molecule is C#CCN(CC)C(=O)c1ccc(C)c([N+](=O)[O-])c1. The maximum atomic E-state index is 12.1. The van der Waals surface area contributed by atoms with Gasteiger partial charge in [-0.15, -0.1) is 6.42 Å². The van der Waals surface area contributed by atoms with Gasteiger partial charge >= 0.3 is 0 Å². The molecule has 0 aliphatic rings. The van der Waals surface area contributed by atoms with Gasteiger partial charge in [0.05, 0.1) is 11.5 Å². The highest BCUT2D eigenvalue weighted by Gasteiger charge is 2.18. The Bertz CT molecular complexity index is 517. The number of hydrogen-bond donors (Lipinski definition) is 0. The lowest BCUT2D eigenvalue weighted by Crippen LogP contribution is -2.31. The van der Waals surface area contributed by atoms with Crippen LogP contribution in [0, 0.1) is 29.4 Å². The molecule has 0 radical (unpaired) electrons. The van der Waals surface area contributed by atoms with E-state index in [4.69, 9.17) is 6.42 Å². The minimum atomic E-state index is -0.496. The number of aryl methyl sites for hydroxylation is 1. The Kier molecular flexibility index (Phi) is 4.44. The summed E-state index contributed by atoms with van der Waals surface area (Å²) in [6, 6.07) is 4.43. The molecule has 0 saturated heterocycles. The third kappa shape index (κ3) is 2.86. The van der Waals surface area contributed by atoms with Crippen LogP contribution in [0.25, 0.3) is 0 Å². The van der Waals surface area contributed by atoms with Crippen LogP contribution in [0.5, 0.6) is 0 Å². The van der Waals surface area contributed by atoms with E-state index in [1.54, 1.807) is 26.0 Å². The second-order valence-corrected chi connectivity index (χ2v) is 3.78. The Labute approximate surface area is 106 Å². The highest BCUT2D eigenvalue weighted by Crippen LogP contribution is 2.20. The van der Waals surface area contributed by atoms with Crippen molar-refractivity contribution in [2.75, 3.05) is 13.1 Å². The predicted molar refractivity (Wildman–Crippen MR) is 68.2 cm³/mol. The zero-order valence-corrected chi connectivity index (χ0v) is 10.3. The lowest BCUT2D eigenvalue weighted by Gasteiger charge is -2.17. The Morgan fingerprint density at radius 2 is 2.22 bits per heavy atom. The average Bonchev–Trinajstić information content (AvgIpc) is 2.35. The van der Waals surface area contributed by atoms with E-state index in [1.165, 1.54) is 11.0 Å². The summed E-state index contributed by atoms with van der Waals surface area (Å²) in [7, 11) is 0. The van der Waals surface area contributed by atoms with Crippen LogP contribution >= 0.6 is 0 Å². The monoisotopic (exact) mass is 246 g/mol. The number of rotatable bonds is 4. The molecule has 1 amide bonds. The van der Waals surface area contributed by atoms with Crippen LogP contribution < -0.4 is 0 Å². The van der Waals surface area contributed by atoms with Crippen molar-refractivity contribution >= 4 is 11.6 Å². The van der Waals surface area contributed by atoms with Crippen LogP contribution in [0.4, 0.5) is 5.69 Å². The molecule has 18 heavy (non-hydrogen) atoms. The number of nitro groups is 1. The summed E-state index contributed by atoms with van der Waals surface area (Å²) >= 11 is 0. The summed E-state index contributed by atoms with van der Waals surface area (Å²) < 4.78 is 0. The molecule has 0 spiro atoms. The van der Waals surface area contributed by atoms with Crippen LogP contribution in [-0.4, -0.2) is 28.8 Å². The van der Waals surface area contributed by atoms with Gasteiger partial charge in [-0.1, -0.05) is 12.0 Å².